The standard InChI is InChI=1S/C12H16FNO2/c1-4-14-11(12(15)16-3)10-6-5-9(13)7-8(10)2/h5-7,11,14H,4H2,1-3H3. The van der Waals surface area contributed by atoms with Gasteiger partial charge in [0, 0.05) is 0 Å². The van der Waals surface area contributed by atoms with E-state index < -0.39 is 6.04 Å². The molecule has 0 heterocycles. The fourth-order valence-electron chi connectivity index (χ4n) is 1.61. The lowest BCUT2D eigenvalue weighted by molar-refractivity contribution is -0.143. The highest BCUT2D eigenvalue weighted by Gasteiger charge is 2.21. The van der Waals surface area contributed by atoms with Gasteiger partial charge in [-0.3, -0.25) is 0 Å². The molecule has 1 aromatic carbocycles. The zero-order valence-corrected chi connectivity index (χ0v) is 9.71. The number of benzene rings is 1. The van der Waals surface area contributed by atoms with Crippen LogP contribution in [0.15, 0.2) is 18.2 Å². The van der Waals surface area contributed by atoms with Crippen LogP contribution in [0.2, 0.25) is 0 Å². The van der Waals surface area contributed by atoms with Gasteiger partial charge in [-0.25, -0.2) is 9.18 Å². The molecule has 0 aromatic heterocycles. The van der Waals surface area contributed by atoms with E-state index in [1.165, 1.54) is 19.2 Å². The third-order valence-electron chi connectivity index (χ3n) is 2.39. The molecule has 1 unspecified atom stereocenters. The molecule has 0 aliphatic carbocycles. The topological polar surface area (TPSA) is 38.3 Å². The number of carbonyl (C=O) groups excluding carboxylic acids is 1. The van der Waals surface area contributed by atoms with Crippen molar-refractivity contribution in [1.29, 1.82) is 0 Å². The predicted molar refractivity (Wildman–Crippen MR) is 59.6 cm³/mol. The summed E-state index contributed by atoms with van der Waals surface area (Å²) in [6.07, 6.45) is 0. The zero-order chi connectivity index (χ0) is 12.1. The molecule has 0 amide bonds. The van der Waals surface area contributed by atoms with E-state index in [-0.39, 0.29) is 11.8 Å². The van der Waals surface area contributed by atoms with Gasteiger partial charge >= 0.3 is 5.97 Å². The first kappa shape index (κ1) is 12.6. The molecule has 0 saturated heterocycles. The summed E-state index contributed by atoms with van der Waals surface area (Å²) in [4.78, 5) is 11.6. The normalized spacial score (nSPS) is 12.2. The second-order valence-corrected chi connectivity index (χ2v) is 3.51. The summed E-state index contributed by atoms with van der Waals surface area (Å²) in [5.41, 5.74) is 1.48. The number of halogens is 1. The van der Waals surface area contributed by atoms with Crippen molar-refractivity contribution < 1.29 is 13.9 Å². The largest absolute Gasteiger partial charge is 0.468 e. The third kappa shape index (κ3) is 2.79. The number of carbonyl (C=O) groups is 1. The van der Waals surface area contributed by atoms with Crippen molar-refractivity contribution in [3.05, 3.63) is 35.1 Å². The minimum Gasteiger partial charge on any atom is -0.468 e. The van der Waals surface area contributed by atoms with Crippen LogP contribution in [0.1, 0.15) is 24.1 Å². The average molecular weight is 225 g/mol. The highest BCUT2D eigenvalue weighted by molar-refractivity contribution is 5.78. The van der Waals surface area contributed by atoms with Gasteiger partial charge in [0.15, 0.2) is 0 Å². The predicted octanol–water partition coefficient (Wildman–Crippen LogP) is 1.96. The summed E-state index contributed by atoms with van der Waals surface area (Å²) >= 11 is 0. The van der Waals surface area contributed by atoms with Crippen molar-refractivity contribution in [3.63, 3.8) is 0 Å². The Morgan fingerprint density at radius 2 is 2.25 bits per heavy atom. The maximum atomic E-state index is 12.9. The number of methoxy groups -OCH3 is 1. The molecule has 1 rings (SSSR count). The molecule has 4 heteroatoms. The quantitative estimate of drug-likeness (QED) is 0.796. The molecule has 0 saturated carbocycles. The first-order chi connectivity index (χ1) is 7.60. The monoisotopic (exact) mass is 225 g/mol. The molecule has 88 valence electrons. The molecule has 1 atom stereocenters. The van der Waals surface area contributed by atoms with Crippen molar-refractivity contribution in [3.8, 4) is 0 Å². The summed E-state index contributed by atoms with van der Waals surface area (Å²) in [6, 6.07) is 3.82. The Labute approximate surface area is 94.6 Å². The van der Waals surface area contributed by atoms with E-state index in [1.54, 1.807) is 13.0 Å². The fourth-order valence-corrected chi connectivity index (χ4v) is 1.61. The van der Waals surface area contributed by atoms with Crippen LogP contribution >= 0.6 is 0 Å². The maximum Gasteiger partial charge on any atom is 0.327 e. The van der Waals surface area contributed by atoms with E-state index in [2.05, 4.69) is 5.32 Å². The van der Waals surface area contributed by atoms with Crippen LogP contribution in [0.3, 0.4) is 0 Å². The second kappa shape index (κ2) is 5.61. The Bertz CT molecular complexity index is 379. The summed E-state index contributed by atoms with van der Waals surface area (Å²) in [5.74, 6) is -0.669. The number of esters is 1. The summed E-state index contributed by atoms with van der Waals surface area (Å²) in [6.45, 7) is 4.30. The van der Waals surface area contributed by atoms with Crippen LogP contribution in [0.5, 0.6) is 0 Å². The number of rotatable bonds is 4. The van der Waals surface area contributed by atoms with Crippen LogP contribution in [-0.4, -0.2) is 19.6 Å². The van der Waals surface area contributed by atoms with E-state index >= 15 is 0 Å². The molecule has 1 aromatic rings. The van der Waals surface area contributed by atoms with Gasteiger partial charge in [-0.1, -0.05) is 13.0 Å². The molecule has 16 heavy (non-hydrogen) atoms. The Hall–Kier alpha value is -1.42. The van der Waals surface area contributed by atoms with Crippen LogP contribution in [0.4, 0.5) is 4.39 Å². The third-order valence-corrected chi connectivity index (χ3v) is 2.39. The Kier molecular flexibility index (Phi) is 4.43. The number of ether oxygens (including phenoxy) is 1. The van der Waals surface area contributed by atoms with E-state index in [0.717, 1.165) is 11.1 Å². The average Bonchev–Trinajstić information content (AvgIpc) is 2.26. The van der Waals surface area contributed by atoms with E-state index in [4.69, 9.17) is 4.74 Å². The minimum atomic E-state index is -0.532. The molecular formula is C12H16FNO2. The van der Waals surface area contributed by atoms with Crippen molar-refractivity contribution in [1.82, 2.24) is 5.32 Å². The van der Waals surface area contributed by atoms with E-state index in [1.807, 2.05) is 6.92 Å². The lowest BCUT2D eigenvalue weighted by Crippen LogP contribution is -2.30. The van der Waals surface area contributed by atoms with Crippen molar-refractivity contribution in [2.24, 2.45) is 0 Å². The van der Waals surface area contributed by atoms with E-state index in [9.17, 15) is 9.18 Å². The lowest BCUT2D eigenvalue weighted by Gasteiger charge is -2.17. The summed E-state index contributed by atoms with van der Waals surface area (Å²) in [5, 5.41) is 3.01. The summed E-state index contributed by atoms with van der Waals surface area (Å²) in [7, 11) is 1.34. The molecule has 1 N–H and O–H groups in total. The molecule has 3 nitrogen and oxygen atoms in total. The van der Waals surface area contributed by atoms with Crippen molar-refractivity contribution in [2.45, 2.75) is 19.9 Å². The van der Waals surface area contributed by atoms with Crippen LogP contribution < -0.4 is 5.32 Å². The molecule has 0 aliphatic rings. The van der Waals surface area contributed by atoms with Gasteiger partial charge in [-0.2, -0.15) is 0 Å². The van der Waals surface area contributed by atoms with Crippen LogP contribution in [0.25, 0.3) is 0 Å². The van der Waals surface area contributed by atoms with Gasteiger partial charge in [0.1, 0.15) is 11.9 Å². The number of hydrogen-bond acceptors (Lipinski definition) is 3. The first-order valence-corrected chi connectivity index (χ1v) is 5.17. The lowest BCUT2D eigenvalue weighted by atomic mass is 10.0. The van der Waals surface area contributed by atoms with Gasteiger partial charge in [0.05, 0.1) is 7.11 Å². The molecule has 0 spiro atoms. The Balaban J connectivity index is 3.05. The van der Waals surface area contributed by atoms with Crippen LogP contribution in [-0.2, 0) is 9.53 Å². The van der Waals surface area contributed by atoms with Gasteiger partial charge in [0.2, 0.25) is 0 Å². The van der Waals surface area contributed by atoms with Crippen molar-refractivity contribution >= 4 is 5.97 Å². The molecule has 0 bridgehead atoms. The van der Waals surface area contributed by atoms with Gasteiger partial charge in [0.25, 0.3) is 0 Å². The van der Waals surface area contributed by atoms with Gasteiger partial charge in [-0.15, -0.1) is 0 Å². The second-order valence-electron chi connectivity index (χ2n) is 3.51. The summed E-state index contributed by atoms with van der Waals surface area (Å²) < 4.78 is 17.7. The SMILES string of the molecule is CCNC(C(=O)OC)c1ccc(F)cc1C. The number of nitrogens with one attached hydrogen (secondary N) is 1. The number of hydrogen-bond donors (Lipinski definition) is 1. The smallest absolute Gasteiger partial charge is 0.327 e. The number of likely N-dealkylation sites (N-methyl/N-ethyl adjacent to an activating group) is 1. The molecule has 0 radical (unpaired) electrons. The Morgan fingerprint density at radius 1 is 1.56 bits per heavy atom. The fraction of sp³-hybridized carbons (Fsp3) is 0.417. The number of aryl methyl sites for hydroxylation is 1. The molecule has 0 aliphatic heterocycles. The molecule has 0 fully saturated rings. The highest BCUT2D eigenvalue weighted by Crippen LogP contribution is 2.19. The van der Waals surface area contributed by atoms with Gasteiger partial charge < -0.3 is 10.1 Å². The zero-order valence-electron chi connectivity index (χ0n) is 9.71. The van der Waals surface area contributed by atoms with Crippen LogP contribution in [0, 0.1) is 12.7 Å². The first-order valence-electron chi connectivity index (χ1n) is 5.17. The van der Waals surface area contributed by atoms with Crippen molar-refractivity contribution in [2.75, 3.05) is 13.7 Å². The maximum absolute atomic E-state index is 12.9. The molecular weight excluding hydrogens is 209 g/mol. The highest BCUT2D eigenvalue weighted by atomic mass is 19.1. The van der Waals surface area contributed by atoms with Gasteiger partial charge in [-0.05, 0) is 36.7 Å². The Morgan fingerprint density at radius 3 is 2.75 bits per heavy atom. The van der Waals surface area contributed by atoms with E-state index in [0.29, 0.717) is 6.54 Å². The minimum absolute atomic E-state index is 0.304.